The molecule has 0 heterocycles. The summed E-state index contributed by atoms with van der Waals surface area (Å²) < 4.78 is 0. The molecule has 0 unspecified atom stereocenters. The highest BCUT2D eigenvalue weighted by Gasteiger charge is 2.29. The van der Waals surface area contributed by atoms with Crippen molar-refractivity contribution in [3.05, 3.63) is 29.8 Å². The van der Waals surface area contributed by atoms with Crippen molar-refractivity contribution >= 4 is 11.6 Å². The second-order valence-corrected chi connectivity index (χ2v) is 4.86. The van der Waals surface area contributed by atoms with Gasteiger partial charge in [-0.25, -0.2) is 0 Å². The van der Waals surface area contributed by atoms with Crippen molar-refractivity contribution in [1.82, 2.24) is 5.32 Å². The number of likely N-dealkylation sites (N-methyl/N-ethyl adjacent to an activating group) is 2. The van der Waals surface area contributed by atoms with E-state index in [9.17, 15) is 4.79 Å². The number of rotatable bonds is 4. The third-order valence-electron chi connectivity index (χ3n) is 2.85. The molecule has 0 saturated carbocycles. The molecule has 0 saturated heterocycles. The van der Waals surface area contributed by atoms with Crippen molar-refractivity contribution in [3.63, 3.8) is 0 Å². The van der Waals surface area contributed by atoms with Crippen LogP contribution in [0.25, 0.3) is 0 Å². The molecule has 3 nitrogen and oxygen atoms in total. The maximum atomic E-state index is 12.3. The van der Waals surface area contributed by atoms with Crippen LogP contribution in [0.1, 0.15) is 26.3 Å². The van der Waals surface area contributed by atoms with E-state index in [-0.39, 0.29) is 5.91 Å². The van der Waals surface area contributed by atoms with E-state index in [2.05, 4.69) is 5.32 Å². The second-order valence-electron chi connectivity index (χ2n) is 4.86. The topological polar surface area (TPSA) is 32.3 Å². The monoisotopic (exact) mass is 234 g/mol. The van der Waals surface area contributed by atoms with E-state index in [0.717, 1.165) is 17.8 Å². The Morgan fingerprint density at radius 3 is 2.59 bits per heavy atom. The zero-order valence-electron chi connectivity index (χ0n) is 11.4. The minimum atomic E-state index is -0.534. The summed E-state index contributed by atoms with van der Waals surface area (Å²) in [6.07, 6.45) is 0. The average Bonchev–Trinajstić information content (AvgIpc) is 2.27. The van der Waals surface area contributed by atoms with Gasteiger partial charge >= 0.3 is 0 Å². The number of hydrogen-bond acceptors (Lipinski definition) is 2. The van der Waals surface area contributed by atoms with Crippen LogP contribution in [0.5, 0.6) is 0 Å². The maximum absolute atomic E-state index is 12.3. The van der Waals surface area contributed by atoms with Crippen LogP contribution in [-0.4, -0.2) is 25.0 Å². The predicted molar refractivity (Wildman–Crippen MR) is 72.3 cm³/mol. The smallest absolute Gasteiger partial charge is 0.246 e. The molecule has 0 fully saturated rings. The van der Waals surface area contributed by atoms with Crippen molar-refractivity contribution in [2.24, 2.45) is 0 Å². The Balaban J connectivity index is 2.90. The van der Waals surface area contributed by atoms with Crippen LogP contribution in [0.3, 0.4) is 0 Å². The average molecular weight is 234 g/mol. The molecule has 94 valence electrons. The molecule has 3 heteroatoms. The van der Waals surface area contributed by atoms with E-state index in [1.807, 2.05) is 59.0 Å². The van der Waals surface area contributed by atoms with Crippen LogP contribution in [0.2, 0.25) is 0 Å². The van der Waals surface area contributed by atoms with Crippen molar-refractivity contribution in [2.45, 2.75) is 33.2 Å². The van der Waals surface area contributed by atoms with Gasteiger partial charge in [0, 0.05) is 12.7 Å². The van der Waals surface area contributed by atoms with E-state index in [1.54, 1.807) is 4.90 Å². The Morgan fingerprint density at radius 1 is 1.41 bits per heavy atom. The molecule has 0 aliphatic rings. The standard InChI is InChI=1S/C14H22N2O/c1-6-15-14(3,4)13(17)16(5)12-9-7-8-11(2)10-12/h7-10,15H,6H2,1-5H3. The molecule has 1 aromatic rings. The molecule has 0 atom stereocenters. The van der Waals surface area contributed by atoms with Gasteiger partial charge in [0.05, 0.1) is 5.54 Å². The molecule has 0 aromatic heterocycles. The summed E-state index contributed by atoms with van der Waals surface area (Å²) in [6, 6.07) is 7.96. The molecule has 1 aromatic carbocycles. The molecule has 1 amide bonds. The number of carbonyl (C=O) groups is 1. The fourth-order valence-corrected chi connectivity index (χ4v) is 1.89. The molecule has 0 aliphatic carbocycles. The summed E-state index contributed by atoms with van der Waals surface area (Å²) in [5.41, 5.74) is 1.55. The highest BCUT2D eigenvalue weighted by Crippen LogP contribution is 2.18. The van der Waals surface area contributed by atoms with Crippen LogP contribution in [-0.2, 0) is 4.79 Å². The number of aryl methyl sites for hydroxylation is 1. The van der Waals surface area contributed by atoms with Crippen molar-refractivity contribution in [3.8, 4) is 0 Å². The molecular formula is C14H22N2O. The Kier molecular flexibility index (Phi) is 4.29. The zero-order chi connectivity index (χ0) is 13.1. The number of nitrogens with one attached hydrogen (secondary N) is 1. The van der Waals surface area contributed by atoms with E-state index in [1.165, 1.54) is 0 Å². The molecule has 0 spiro atoms. The van der Waals surface area contributed by atoms with Crippen molar-refractivity contribution in [1.29, 1.82) is 0 Å². The van der Waals surface area contributed by atoms with Crippen molar-refractivity contribution < 1.29 is 4.79 Å². The normalized spacial score (nSPS) is 11.4. The molecular weight excluding hydrogens is 212 g/mol. The largest absolute Gasteiger partial charge is 0.314 e. The summed E-state index contributed by atoms with van der Waals surface area (Å²) in [5.74, 6) is 0.0740. The number of anilines is 1. The molecule has 0 bridgehead atoms. The van der Waals surface area contributed by atoms with Gasteiger partial charge < -0.3 is 10.2 Å². The number of amides is 1. The summed E-state index contributed by atoms with van der Waals surface area (Å²) >= 11 is 0. The van der Waals surface area contributed by atoms with Crippen LogP contribution in [0, 0.1) is 6.92 Å². The number of hydrogen-bond donors (Lipinski definition) is 1. The maximum Gasteiger partial charge on any atom is 0.246 e. The van der Waals surface area contributed by atoms with E-state index in [0.29, 0.717) is 0 Å². The SMILES string of the molecule is CCNC(C)(C)C(=O)N(C)c1cccc(C)c1. The Labute approximate surface area is 104 Å². The highest BCUT2D eigenvalue weighted by molar-refractivity contribution is 5.99. The first-order valence-electron chi connectivity index (χ1n) is 5.98. The van der Waals surface area contributed by atoms with E-state index < -0.39 is 5.54 Å². The number of nitrogens with zero attached hydrogens (tertiary/aromatic N) is 1. The van der Waals surface area contributed by atoms with Gasteiger partial charge in [-0.05, 0) is 45.0 Å². The second kappa shape index (κ2) is 5.32. The van der Waals surface area contributed by atoms with Crippen LogP contribution in [0.15, 0.2) is 24.3 Å². The lowest BCUT2D eigenvalue weighted by atomic mass is 10.0. The molecule has 0 aliphatic heterocycles. The van der Waals surface area contributed by atoms with Gasteiger partial charge in [-0.3, -0.25) is 4.79 Å². The fraction of sp³-hybridized carbons (Fsp3) is 0.500. The Bertz CT molecular complexity index is 399. The first kappa shape index (κ1) is 13.7. The van der Waals surface area contributed by atoms with E-state index >= 15 is 0 Å². The van der Waals surface area contributed by atoms with Crippen LogP contribution in [0.4, 0.5) is 5.69 Å². The van der Waals surface area contributed by atoms with Crippen LogP contribution >= 0.6 is 0 Å². The summed E-state index contributed by atoms with van der Waals surface area (Å²) in [5, 5.41) is 3.20. The lowest BCUT2D eigenvalue weighted by molar-refractivity contribution is -0.123. The molecule has 1 N–H and O–H groups in total. The van der Waals surface area contributed by atoms with Gasteiger partial charge in [-0.1, -0.05) is 19.1 Å². The first-order valence-corrected chi connectivity index (χ1v) is 5.98. The Hall–Kier alpha value is -1.35. The third-order valence-corrected chi connectivity index (χ3v) is 2.85. The predicted octanol–water partition coefficient (Wildman–Crippen LogP) is 2.35. The Morgan fingerprint density at radius 2 is 2.06 bits per heavy atom. The number of carbonyl (C=O) groups excluding carboxylic acids is 1. The molecule has 0 radical (unpaired) electrons. The quantitative estimate of drug-likeness (QED) is 0.867. The summed E-state index contributed by atoms with van der Waals surface area (Å²) in [4.78, 5) is 14.0. The minimum absolute atomic E-state index is 0.0740. The zero-order valence-corrected chi connectivity index (χ0v) is 11.4. The van der Waals surface area contributed by atoms with E-state index in [4.69, 9.17) is 0 Å². The van der Waals surface area contributed by atoms with Gasteiger partial charge in [0.1, 0.15) is 0 Å². The summed E-state index contributed by atoms with van der Waals surface area (Å²) in [7, 11) is 1.82. The van der Waals surface area contributed by atoms with Gasteiger partial charge in [0.2, 0.25) is 5.91 Å². The minimum Gasteiger partial charge on any atom is -0.314 e. The fourth-order valence-electron chi connectivity index (χ4n) is 1.89. The van der Waals surface area contributed by atoms with Gasteiger partial charge in [0.15, 0.2) is 0 Å². The lowest BCUT2D eigenvalue weighted by Gasteiger charge is -2.30. The molecule has 17 heavy (non-hydrogen) atoms. The van der Waals surface area contributed by atoms with Crippen LogP contribution < -0.4 is 10.2 Å². The van der Waals surface area contributed by atoms with Crippen molar-refractivity contribution in [2.75, 3.05) is 18.5 Å². The summed E-state index contributed by atoms with van der Waals surface area (Å²) in [6.45, 7) is 8.62. The first-order chi connectivity index (χ1) is 7.88. The highest BCUT2D eigenvalue weighted by atomic mass is 16.2. The third kappa shape index (κ3) is 3.30. The number of benzene rings is 1. The lowest BCUT2D eigenvalue weighted by Crippen LogP contribution is -2.53. The van der Waals surface area contributed by atoms with Gasteiger partial charge in [-0.2, -0.15) is 0 Å². The van der Waals surface area contributed by atoms with Gasteiger partial charge in [-0.15, -0.1) is 0 Å². The van der Waals surface area contributed by atoms with Gasteiger partial charge in [0.25, 0.3) is 0 Å². The molecule has 1 rings (SSSR count).